The molecule has 0 aromatic carbocycles. The summed E-state index contributed by atoms with van der Waals surface area (Å²) in [4.78, 5) is 14.3. The van der Waals surface area contributed by atoms with Gasteiger partial charge in [-0.25, -0.2) is 4.98 Å². The van der Waals surface area contributed by atoms with Gasteiger partial charge in [-0.05, 0) is 6.07 Å². The lowest BCUT2D eigenvalue weighted by molar-refractivity contribution is -0.384. The highest BCUT2D eigenvalue weighted by Gasteiger charge is 2.14. The highest BCUT2D eigenvalue weighted by Crippen LogP contribution is 2.24. The van der Waals surface area contributed by atoms with Gasteiger partial charge >= 0.3 is 5.69 Å². The van der Waals surface area contributed by atoms with Crippen LogP contribution in [0.3, 0.4) is 0 Å². The summed E-state index contributed by atoms with van der Waals surface area (Å²) in [6, 6.07) is 3.01. The van der Waals surface area contributed by atoms with Crippen LogP contribution in [-0.2, 0) is 0 Å². The Morgan fingerprint density at radius 1 is 1.53 bits per heavy atom. The summed E-state index contributed by atoms with van der Waals surface area (Å²) in [6.07, 6.45) is 1.55. The topological polar surface area (TPSA) is 68.1 Å². The van der Waals surface area contributed by atoms with Crippen molar-refractivity contribution in [2.75, 3.05) is 17.6 Å². The van der Waals surface area contributed by atoms with Crippen molar-refractivity contribution >= 4 is 23.3 Å². The van der Waals surface area contributed by atoms with E-state index < -0.39 is 4.92 Å². The summed E-state index contributed by atoms with van der Waals surface area (Å²) in [5.74, 6) is 1.23. The van der Waals surface area contributed by atoms with Crippen molar-refractivity contribution < 1.29 is 4.92 Å². The lowest BCUT2D eigenvalue weighted by Crippen LogP contribution is -2.14. The number of hydrogen-bond acceptors (Lipinski definition) is 5. The van der Waals surface area contributed by atoms with Gasteiger partial charge in [-0.2, -0.15) is 11.8 Å². The van der Waals surface area contributed by atoms with Gasteiger partial charge in [0, 0.05) is 29.3 Å². The standard InChI is InChI=1S/C11H17N3O2S/c1-11(2,3)17-8-7-13-10-9(14(15)16)5-4-6-12-10/h4-6H,7-8H2,1-3H3,(H,12,13). The fourth-order valence-electron chi connectivity index (χ4n) is 1.21. The van der Waals surface area contributed by atoms with Gasteiger partial charge in [-0.3, -0.25) is 10.1 Å². The average molecular weight is 255 g/mol. The molecular formula is C11H17N3O2S. The highest BCUT2D eigenvalue weighted by atomic mass is 32.2. The third kappa shape index (κ3) is 5.04. The van der Waals surface area contributed by atoms with Crippen molar-refractivity contribution in [2.45, 2.75) is 25.5 Å². The highest BCUT2D eigenvalue weighted by molar-refractivity contribution is 8.00. The third-order valence-corrected chi connectivity index (χ3v) is 3.19. The molecule has 0 amide bonds. The van der Waals surface area contributed by atoms with Crippen LogP contribution < -0.4 is 5.32 Å². The van der Waals surface area contributed by atoms with E-state index in [1.165, 1.54) is 6.07 Å². The second-order valence-electron chi connectivity index (χ2n) is 4.52. The molecule has 0 saturated heterocycles. The van der Waals surface area contributed by atoms with Crippen LogP contribution in [-0.4, -0.2) is 27.0 Å². The second kappa shape index (κ2) is 5.86. The molecule has 1 rings (SSSR count). The van der Waals surface area contributed by atoms with Crippen LogP contribution in [0.4, 0.5) is 11.5 Å². The normalized spacial score (nSPS) is 11.2. The maximum Gasteiger partial charge on any atom is 0.311 e. The van der Waals surface area contributed by atoms with Gasteiger partial charge in [0.2, 0.25) is 5.82 Å². The van der Waals surface area contributed by atoms with Crippen LogP contribution in [0.15, 0.2) is 18.3 Å². The van der Waals surface area contributed by atoms with Crippen molar-refractivity contribution in [3.63, 3.8) is 0 Å². The van der Waals surface area contributed by atoms with Gasteiger partial charge in [-0.1, -0.05) is 20.8 Å². The molecule has 1 aromatic rings. The minimum absolute atomic E-state index is 0.0215. The fraction of sp³-hybridized carbons (Fsp3) is 0.545. The second-order valence-corrected chi connectivity index (χ2v) is 6.44. The van der Waals surface area contributed by atoms with E-state index in [0.29, 0.717) is 12.4 Å². The number of rotatable bonds is 5. The molecule has 5 nitrogen and oxygen atoms in total. The Hall–Kier alpha value is -1.30. The molecule has 0 bridgehead atoms. The molecule has 17 heavy (non-hydrogen) atoms. The van der Waals surface area contributed by atoms with Gasteiger partial charge in [0.25, 0.3) is 0 Å². The van der Waals surface area contributed by atoms with E-state index in [2.05, 4.69) is 31.1 Å². The Bertz CT molecular complexity index is 391. The number of nitro groups is 1. The molecule has 0 atom stereocenters. The van der Waals surface area contributed by atoms with Crippen molar-refractivity contribution in [1.82, 2.24) is 4.98 Å². The van der Waals surface area contributed by atoms with Gasteiger partial charge in [-0.15, -0.1) is 0 Å². The minimum Gasteiger partial charge on any atom is -0.364 e. The van der Waals surface area contributed by atoms with Crippen molar-refractivity contribution in [2.24, 2.45) is 0 Å². The van der Waals surface area contributed by atoms with E-state index >= 15 is 0 Å². The van der Waals surface area contributed by atoms with Gasteiger partial charge in [0.1, 0.15) is 0 Å². The molecule has 6 heteroatoms. The first kappa shape index (κ1) is 13.8. The smallest absolute Gasteiger partial charge is 0.311 e. The SMILES string of the molecule is CC(C)(C)SCCNc1ncccc1[N+](=O)[O-]. The Morgan fingerprint density at radius 3 is 2.82 bits per heavy atom. The van der Waals surface area contributed by atoms with Crippen LogP contribution in [0.25, 0.3) is 0 Å². The van der Waals surface area contributed by atoms with Gasteiger partial charge < -0.3 is 5.32 Å². The Balaban J connectivity index is 2.49. The molecule has 94 valence electrons. The van der Waals surface area contributed by atoms with Crippen molar-refractivity contribution in [1.29, 1.82) is 0 Å². The van der Waals surface area contributed by atoms with Gasteiger partial charge in [0.05, 0.1) is 4.92 Å². The number of thioether (sulfide) groups is 1. The zero-order valence-corrected chi connectivity index (χ0v) is 11.1. The van der Waals surface area contributed by atoms with Crippen molar-refractivity contribution in [3.8, 4) is 0 Å². The monoisotopic (exact) mass is 255 g/mol. The van der Waals surface area contributed by atoms with E-state index in [-0.39, 0.29) is 10.4 Å². The van der Waals surface area contributed by atoms with Crippen LogP contribution >= 0.6 is 11.8 Å². The summed E-state index contributed by atoms with van der Waals surface area (Å²) in [6.45, 7) is 7.09. The molecule has 1 heterocycles. The summed E-state index contributed by atoms with van der Waals surface area (Å²) < 4.78 is 0.206. The number of nitrogens with one attached hydrogen (secondary N) is 1. The Kier molecular flexibility index (Phi) is 4.74. The summed E-state index contributed by atoms with van der Waals surface area (Å²) in [5.41, 5.74) is 0.0215. The first-order chi connectivity index (χ1) is 7.90. The van der Waals surface area contributed by atoms with E-state index in [1.54, 1.807) is 24.0 Å². The predicted molar refractivity (Wildman–Crippen MR) is 71.6 cm³/mol. The molecule has 0 saturated carbocycles. The van der Waals surface area contributed by atoms with Crippen LogP contribution in [0, 0.1) is 10.1 Å². The maximum absolute atomic E-state index is 10.7. The molecule has 0 fully saturated rings. The maximum atomic E-state index is 10.7. The third-order valence-electron chi connectivity index (χ3n) is 1.91. The zero-order chi connectivity index (χ0) is 12.9. The molecular weight excluding hydrogens is 238 g/mol. The number of pyridine rings is 1. The van der Waals surface area contributed by atoms with Crippen LogP contribution in [0.5, 0.6) is 0 Å². The molecule has 0 unspecified atom stereocenters. The molecule has 0 spiro atoms. The van der Waals surface area contributed by atoms with E-state index in [9.17, 15) is 10.1 Å². The summed E-state index contributed by atoms with van der Waals surface area (Å²) in [7, 11) is 0. The Labute approximate surface area is 105 Å². The van der Waals surface area contributed by atoms with E-state index in [4.69, 9.17) is 0 Å². The summed E-state index contributed by atoms with van der Waals surface area (Å²) >= 11 is 1.81. The molecule has 0 aliphatic carbocycles. The van der Waals surface area contributed by atoms with E-state index in [0.717, 1.165) is 5.75 Å². The van der Waals surface area contributed by atoms with Crippen LogP contribution in [0.2, 0.25) is 0 Å². The zero-order valence-electron chi connectivity index (χ0n) is 10.3. The number of nitrogens with zero attached hydrogens (tertiary/aromatic N) is 2. The molecule has 0 aliphatic heterocycles. The predicted octanol–water partition coefficient (Wildman–Crippen LogP) is 2.93. The first-order valence-electron chi connectivity index (χ1n) is 5.37. The lowest BCUT2D eigenvalue weighted by Gasteiger charge is -2.17. The fourth-order valence-corrected chi connectivity index (χ4v) is 2.02. The largest absolute Gasteiger partial charge is 0.364 e. The molecule has 0 radical (unpaired) electrons. The number of hydrogen-bond donors (Lipinski definition) is 1. The lowest BCUT2D eigenvalue weighted by atomic mass is 10.3. The van der Waals surface area contributed by atoms with Crippen LogP contribution in [0.1, 0.15) is 20.8 Å². The quantitative estimate of drug-likeness (QED) is 0.497. The van der Waals surface area contributed by atoms with E-state index in [1.807, 2.05) is 0 Å². The number of anilines is 1. The minimum atomic E-state index is -0.424. The first-order valence-corrected chi connectivity index (χ1v) is 6.36. The molecule has 0 aliphatic rings. The van der Waals surface area contributed by atoms with Gasteiger partial charge in [0.15, 0.2) is 0 Å². The molecule has 1 N–H and O–H groups in total. The summed E-state index contributed by atoms with van der Waals surface area (Å²) in [5, 5.41) is 13.7. The Morgan fingerprint density at radius 2 is 2.24 bits per heavy atom. The average Bonchev–Trinajstić information content (AvgIpc) is 2.23. The van der Waals surface area contributed by atoms with Crippen molar-refractivity contribution in [3.05, 3.63) is 28.4 Å². The molecule has 1 aromatic heterocycles. The number of aromatic nitrogens is 1.